The Morgan fingerprint density at radius 3 is 1.02 bits per heavy atom. The topological polar surface area (TPSA) is 207 Å². The lowest BCUT2D eigenvalue weighted by Crippen LogP contribution is -2.51. The highest BCUT2D eigenvalue weighted by molar-refractivity contribution is 5.41. The number of rotatable bonds is 35. The number of nitrogens with one attached hydrogen (secondary N) is 8. The molecular formula is C100H120N8O12. The summed E-state index contributed by atoms with van der Waals surface area (Å²) < 4.78 is 66.9. The maximum absolute atomic E-state index is 6.08. The fraction of sp³-hybridized carbons (Fsp3) is 0.320. The third-order valence-electron chi connectivity index (χ3n) is 20.7. The molecule has 5 aliphatic rings. The summed E-state index contributed by atoms with van der Waals surface area (Å²) in [4.78, 5) is 0. The molecule has 4 atom stereocenters. The number of hydrogen-bond donors (Lipinski definition) is 8. The van der Waals surface area contributed by atoms with Crippen LogP contribution in [-0.2, 0) is 73.7 Å². The Kier molecular flexibility index (Phi) is 37.5. The van der Waals surface area contributed by atoms with Gasteiger partial charge in [-0.25, -0.2) is 0 Å². The van der Waals surface area contributed by atoms with Gasteiger partial charge in [-0.1, -0.05) is 152 Å². The van der Waals surface area contributed by atoms with E-state index in [-0.39, 0.29) is 12.1 Å². The molecular weight excluding hydrogens is 1510 g/mol. The number of ether oxygens (including phenoxy) is 12. The van der Waals surface area contributed by atoms with Gasteiger partial charge < -0.3 is 99.4 Å². The molecule has 10 aromatic carbocycles. The molecule has 120 heavy (non-hydrogen) atoms. The molecule has 20 heteroatoms. The molecule has 1 saturated heterocycles. The van der Waals surface area contributed by atoms with Gasteiger partial charge in [-0.05, 0) is 211 Å². The summed E-state index contributed by atoms with van der Waals surface area (Å²) in [6.45, 7) is 10.2. The maximum atomic E-state index is 6.08. The zero-order valence-electron chi connectivity index (χ0n) is 70.1. The van der Waals surface area contributed by atoms with Crippen LogP contribution in [-0.4, -0.2) is 145 Å². The molecule has 0 spiro atoms. The van der Waals surface area contributed by atoms with Crippen molar-refractivity contribution in [2.24, 2.45) is 0 Å². The normalized spacial score (nSPS) is 15.9. The Hall–Kier alpha value is -12.5. The van der Waals surface area contributed by atoms with Crippen LogP contribution in [0.4, 0.5) is 0 Å². The van der Waals surface area contributed by atoms with Gasteiger partial charge in [-0.2, -0.15) is 0 Å². The Labute approximate surface area is 710 Å². The molecule has 1 unspecified atom stereocenters. The van der Waals surface area contributed by atoms with Crippen molar-refractivity contribution in [1.82, 2.24) is 42.5 Å². The van der Waals surface area contributed by atoms with E-state index in [0.717, 1.165) is 173 Å². The van der Waals surface area contributed by atoms with E-state index in [2.05, 4.69) is 176 Å². The lowest BCUT2D eigenvalue weighted by atomic mass is 10.0. The number of aryl methyl sites for hydroxylation is 10. The average Bonchev–Trinajstić information content (AvgIpc) is 0.881. The van der Waals surface area contributed by atoms with Crippen molar-refractivity contribution < 1.29 is 56.8 Å². The second kappa shape index (κ2) is 51.0. The monoisotopic (exact) mass is 1620 g/mol. The van der Waals surface area contributed by atoms with Gasteiger partial charge in [0.25, 0.3) is 0 Å². The molecule has 0 radical (unpaired) electrons. The van der Waals surface area contributed by atoms with Crippen molar-refractivity contribution in [2.75, 3.05) is 121 Å². The van der Waals surface area contributed by atoms with Crippen molar-refractivity contribution in [3.8, 4) is 57.5 Å². The standard InChI is InChI=1S/C20H26N2O2.2C20H24N2O2.2C20H23NO3/c3*1-23-19-10-7-16(8-11-19)6-9-17-4-2-3-5-20(17)24-15-18-14-21-12-13-22-18;1-22-19-10-7-16(8-11-19)6-9-17-4-2-3-5-20(17)24-15-18-14-23-13-12-21-18;1-22-18-10-7-16(8-11-18)6-9-17-4-2-3-5-20(17)24-15-19-14-21-12-13-23-19/h2-5,7-8,10-11,18,21-22H,6,9,12-15H2,1H3;2-5,7-8,10-11,14,21-22H,6,9,12-13,15H2,1H3;2-5,7-8,10-13,18,21-22H,6,9,14-15H2,1H3;2-5,7-8,10-13,18,21H,6,9,14-15H2,1H3;2-5,7-8,10-13,19,21H,6,9,14-15H2,1H3/t18-;;;18-;19-/m0..01/s1. The minimum absolute atomic E-state index is 0.0460. The van der Waals surface area contributed by atoms with E-state index in [0.29, 0.717) is 51.7 Å². The molecule has 0 aromatic heterocycles. The highest BCUT2D eigenvalue weighted by atomic mass is 16.5. The smallest absolute Gasteiger partial charge is 0.149 e. The van der Waals surface area contributed by atoms with Gasteiger partial charge in [-0.15, -0.1) is 0 Å². The van der Waals surface area contributed by atoms with Crippen LogP contribution in [0.2, 0.25) is 0 Å². The number of hydrogen-bond acceptors (Lipinski definition) is 20. The molecule has 0 aliphatic carbocycles. The highest BCUT2D eigenvalue weighted by Crippen LogP contribution is 2.28. The summed E-state index contributed by atoms with van der Waals surface area (Å²) in [5, 5.41) is 26.3. The first-order chi connectivity index (χ1) is 59.2. The molecule has 0 bridgehead atoms. The zero-order valence-corrected chi connectivity index (χ0v) is 70.1. The van der Waals surface area contributed by atoms with Crippen molar-refractivity contribution in [3.05, 3.63) is 348 Å². The predicted molar refractivity (Wildman–Crippen MR) is 479 cm³/mol. The van der Waals surface area contributed by atoms with E-state index >= 15 is 0 Å². The van der Waals surface area contributed by atoms with Crippen LogP contribution in [0.3, 0.4) is 0 Å². The Balaban J connectivity index is 0.000000147. The Bertz CT molecular complexity index is 4390. The first-order valence-corrected chi connectivity index (χ1v) is 41.7. The zero-order chi connectivity index (χ0) is 83.1. The van der Waals surface area contributed by atoms with Gasteiger partial charge in [0.05, 0.1) is 78.4 Å². The summed E-state index contributed by atoms with van der Waals surface area (Å²) in [5.74, 6) is 9.27. The molecule has 0 saturated carbocycles. The number of benzene rings is 10. The van der Waals surface area contributed by atoms with Crippen LogP contribution >= 0.6 is 0 Å². The molecule has 5 aliphatic heterocycles. The molecule has 5 heterocycles. The van der Waals surface area contributed by atoms with E-state index < -0.39 is 0 Å². The van der Waals surface area contributed by atoms with Gasteiger partial charge in [0, 0.05) is 70.3 Å². The summed E-state index contributed by atoms with van der Waals surface area (Å²) in [6, 6.07) is 83.4. The average molecular weight is 1630 g/mol. The fourth-order valence-electron chi connectivity index (χ4n) is 13.7. The Morgan fingerprint density at radius 2 is 0.683 bits per heavy atom. The maximum Gasteiger partial charge on any atom is 0.149 e. The molecule has 15 rings (SSSR count). The Morgan fingerprint density at radius 1 is 0.308 bits per heavy atom. The minimum atomic E-state index is 0.0460. The van der Waals surface area contributed by atoms with Crippen molar-refractivity contribution in [1.29, 1.82) is 0 Å². The second-order valence-corrected chi connectivity index (χ2v) is 29.3. The molecule has 632 valence electrons. The van der Waals surface area contributed by atoms with Crippen LogP contribution in [0.5, 0.6) is 57.5 Å². The third-order valence-corrected chi connectivity index (χ3v) is 20.7. The van der Waals surface area contributed by atoms with Gasteiger partial charge in [0.15, 0.2) is 0 Å². The fourth-order valence-corrected chi connectivity index (χ4v) is 13.7. The SMILES string of the molecule is COc1ccc(CCc2ccccc2OCC2=CNCCN2)cc1.COc1ccc(CCc2ccccc2OCC2CNC=CN2)cc1.COc1ccc(CCc2ccccc2OC[C@@H]2CNCCN2)cc1.COc1ccc(CCc2ccccc2OC[C@@H]2COC=CN2)cc1.COc1ccc(CCc2ccccc2OC[C@H]2CNC=CO2)cc1. The minimum Gasteiger partial charge on any atom is -0.497 e. The lowest BCUT2D eigenvalue weighted by Gasteiger charge is -2.25. The highest BCUT2D eigenvalue weighted by Gasteiger charge is 2.18. The van der Waals surface area contributed by atoms with Gasteiger partial charge in [-0.3, -0.25) is 0 Å². The summed E-state index contributed by atoms with van der Waals surface area (Å²) in [6.07, 6.45) is 22.5. The van der Waals surface area contributed by atoms with E-state index in [1.165, 1.54) is 55.6 Å². The largest absolute Gasteiger partial charge is 0.497 e. The third kappa shape index (κ3) is 31.1. The lowest BCUT2D eigenvalue weighted by molar-refractivity contribution is 0.0797. The molecule has 10 aromatic rings. The van der Waals surface area contributed by atoms with Crippen molar-refractivity contribution in [3.63, 3.8) is 0 Å². The first kappa shape index (κ1) is 88.3. The van der Waals surface area contributed by atoms with E-state index in [9.17, 15) is 0 Å². The van der Waals surface area contributed by atoms with Crippen LogP contribution in [0.25, 0.3) is 0 Å². The molecule has 20 nitrogen and oxygen atoms in total. The van der Waals surface area contributed by atoms with E-state index in [4.69, 9.17) is 56.8 Å². The quantitative estimate of drug-likeness (QED) is 0.0186. The van der Waals surface area contributed by atoms with E-state index in [1.54, 1.807) is 54.3 Å². The van der Waals surface area contributed by atoms with Crippen LogP contribution < -0.4 is 89.9 Å². The summed E-state index contributed by atoms with van der Waals surface area (Å²) in [7, 11) is 8.44. The second-order valence-electron chi connectivity index (χ2n) is 29.3. The predicted octanol–water partition coefficient (Wildman–Crippen LogP) is 14.8. The molecule has 1 fully saturated rings. The number of methoxy groups -OCH3 is 5. The number of para-hydroxylation sites is 5. The van der Waals surface area contributed by atoms with Crippen molar-refractivity contribution >= 4 is 0 Å². The van der Waals surface area contributed by atoms with Gasteiger partial charge >= 0.3 is 0 Å². The van der Waals surface area contributed by atoms with Crippen LogP contribution in [0.15, 0.2) is 292 Å². The molecule has 8 N–H and O–H groups in total. The van der Waals surface area contributed by atoms with Crippen molar-refractivity contribution in [2.45, 2.75) is 88.4 Å². The van der Waals surface area contributed by atoms with E-state index in [1.807, 2.05) is 134 Å². The molecule has 0 amide bonds. The van der Waals surface area contributed by atoms with Crippen LogP contribution in [0.1, 0.15) is 55.6 Å². The summed E-state index contributed by atoms with van der Waals surface area (Å²) >= 11 is 0. The van der Waals surface area contributed by atoms with Gasteiger partial charge in [0.2, 0.25) is 0 Å². The van der Waals surface area contributed by atoms with Gasteiger partial charge in [0.1, 0.15) is 103 Å². The summed E-state index contributed by atoms with van der Waals surface area (Å²) in [5.41, 5.74) is 13.7. The van der Waals surface area contributed by atoms with Crippen LogP contribution in [0, 0.1) is 0 Å². The first-order valence-electron chi connectivity index (χ1n) is 41.7. The number of piperazine rings is 1.